The van der Waals surface area contributed by atoms with Crippen LogP contribution in [-0.2, 0) is 0 Å². The number of carbonyl (C=O) groups excluding carboxylic acids is 1. The van der Waals surface area contributed by atoms with Gasteiger partial charge in [0.25, 0.3) is 5.91 Å². The number of H-pyrrole nitrogens is 1. The maximum Gasteiger partial charge on any atom is 0.286 e. The summed E-state index contributed by atoms with van der Waals surface area (Å²) >= 11 is 6.65. The van der Waals surface area contributed by atoms with Crippen molar-refractivity contribution in [3.63, 3.8) is 0 Å². The van der Waals surface area contributed by atoms with Crippen LogP contribution < -0.4 is 5.32 Å². The molecule has 0 unspecified atom stereocenters. The van der Waals surface area contributed by atoms with E-state index in [1.807, 2.05) is 6.07 Å². The molecule has 0 saturated carbocycles. The molecular weight excluding hydrogens is 302 g/mol. The molecule has 10 heteroatoms. The third kappa shape index (κ3) is 2.63. The van der Waals surface area contributed by atoms with Gasteiger partial charge in [-0.3, -0.25) is 4.79 Å². The van der Waals surface area contributed by atoms with Gasteiger partial charge in [0.1, 0.15) is 0 Å². The van der Waals surface area contributed by atoms with Crippen molar-refractivity contribution < 1.29 is 4.79 Å². The van der Waals surface area contributed by atoms with Gasteiger partial charge in [-0.2, -0.15) is 5.21 Å². The first-order chi connectivity index (χ1) is 9.72. The lowest BCUT2D eigenvalue weighted by Gasteiger charge is -2.03. The van der Waals surface area contributed by atoms with Gasteiger partial charge in [0.15, 0.2) is 0 Å². The molecule has 0 aliphatic rings. The van der Waals surface area contributed by atoms with E-state index in [0.29, 0.717) is 11.5 Å². The Bertz CT molecular complexity index is 742. The van der Waals surface area contributed by atoms with Crippen molar-refractivity contribution >= 4 is 34.5 Å². The second kappa shape index (κ2) is 5.31. The summed E-state index contributed by atoms with van der Waals surface area (Å²) in [5.74, 6) is 0.0692. The first-order valence-electron chi connectivity index (χ1n) is 5.36. The highest BCUT2D eigenvalue weighted by Gasteiger charge is 2.12. The van der Waals surface area contributed by atoms with E-state index >= 15 is 0 Å². The zero-order valence-electron chi connectivity index (χ0n) is 9.74. The third-order valence-corrected chi connectivity index (χ3v) is 3.34. The predicted octanol–water partition coefficient (Wildman–Crippen LogP) is 1.62. The number of aromatic nitrogens is 6. The van der Waals surface area contributed by atoms with Crippen molar-refractivity contribution in [2.75, 3.05) is 5.32 Å². The molecule has 8 nitrogen and oxygen atoms in total. The molecule has 1 amide bonds. The van der Waals surface area contributed by atoms with E-state index < -0.39 is 0 Å². The maximum atomic E-state index is 11.9. The number of halogens is 1. The van der Waals surface area contributed by atoms with Crippen LogP contribution in [0.2, 0.25) is 4.47 Å². The summed E-state index contributed by atoms with van der Waals surface area (Å²) in [7, 11) is 0. The van der Waals surface area contributed by atoms with Crippen molar-refractivity contribution in [2.45, 2.75) is 0 Å². The molecule has 2 N–H and O–H groups in total. The minimum absolute atomic E-state index is 0.194. The lowest BCUT2D eigenvalue weighted by Crippen LogP contribution is -2.11. The molecule has 0 saturated heterocycles. The second-order valence-electron chi connectivity index (χ2n) is 3.63. The topological polar surface area (TPSA) is 109 Å². The van der Waals surface area contributed by atoms with Gasteiger partial charge in [-0.05, 0) is 28.9 Å². The van der Waals surface area contributed by atoms with Gasteiger partial charge in [-0.1, -0.05) is 23.5 Å². The van der Waals surface area contributed by atoms with Crippen molar-refractivity contribution in [3.05, 3.63) is 33.7 Å². The van der Waals surface area contributed by atoms with E-state index in [9.17, 15) is 4.79 Å². The summed E-state index contributed by atoms with van der Waals surface area (Å²) < 4.78 is 0.218. The van der Waals surface area contributed by atoms with Crippen LogP contribution in [0.25, 0.3) is 11.4 Å². The van der Waals surface area contributed by atoms with Crippen LogP contribution in [0.4, 0.5) is 5.69 Å². The second-order valence-corrected chi connectivity index (χ2v) is 5.19. The standard InChI is InChI=1S/C10H6ClN7OS/c11-10-16-15-9(20-10)8(19)12-6-3-1-2-5(4-6)7-13-17-18-14-7/h1-4H,(H,12,19)(H,13,14,17,18). The van der Waals surface area contributed by atoms with Gasteiger partial charge in [0.05, 0.1) is 0 Å². The predicted molar refractivity (Wildman–Crippen MR) is 72.5 cm³/mol. The quantitative estimate of drug-likeness (QED) is 0.761. The van der Waals surface area contributed by atoms with Crippen molar-refractivity contribution in [1.82, 2.24) is 30.8 Å². The first kappa shape index (κ1) is 12.6. The highest BCUT2D eigenvalue weighted by Crippen LogP contribution is 2.20. The van der Waals surface area contributed by atoms with Crippen LogP contribution in [0.3, 0.4) is 0 Å². The highest BCUT2D eigenvalue weighted by molar-refractivity contribution is 7.17. The maximum absolute atomic E-state index is 11.9. The number of nitrogens with zero attached hydrogens (tertiary/aromatic N) is 5. The fraction of sp³-hybridized carbons (Fsp3) is 0. The molecular formula is C10H6ClN7OS. The molecule has 2 aromatic heterocycles. The number of carbonyl (C=O) groups is 1. The summed E-state index contributed by atoms with van der Waals surface area (Å²) in [5.41, 5.74) is 1.32. The fourth-order valence-corrected chi connectivity index (χ4v) is 2.23. The number of amides is 1. The molecule has 0 fully saturated rings. The Balaban J connectivity index is 1.81. The van der Waals surface area contributed by atoms with Crippen LogP contribution in [0, 0.1) is 0 Å². The van der Waals surface area contributed by atoms with Gasteiger partial charge in [0, 0.05) is 11.3 Å². The summed E-state index contributed by atoms with van der Waals surface area (Å²) in [5, 5.41) is 23.7. The van der Waals surface area contributed by atoms with Gasteiger partial charge < -0.3 is 5.32 Å². The molecule has 100 valence electrons. The Morgan fingerprint density at radius 2 is 2.20 bits per heavy atom. The SMILES string of the molecule is O=C(Nc1cccc(-c2nn[nH]n2)c1)c1nnc(Cl)s1. The Labute approximate surface area is 121 Å². The smallest absolute Gasteiger partial charge is 0.286 e. The average molecular weight is 308 g/mol. The number of benzene rings is 1. The summed E-state index contributed by atoms with van der Waals surface area (Å²) in [6.45, 7) is 0. The molecule has 0 radical (unpaired) electrons. The minimum Gasteiger partial charge on any atom is -0.320 e. The molecule has 0 atom stereocenters. The zero-order chi connectivity index (χ0) is 13.9. The Morgan fingerprint density at radius 3 is 2.90 bits per heavy atom. The number of anilines is 1. The van der Waals surface area contributed by atoms with E-state index in [1.165, 1.54) is 0 Å². The van der Waals surface area contributed by atoms with Crippen LogP contribution >= 0.6 is 22.9 Å². The van der Waals surface area contributed by atoms with E-state index in [-0.39, 0.29) is 15.4 Å². The fourth-order valence-electron chi connectivity index (χ4n) is 1.50. The number of hydrogen-bond donors (Lipinski definition) is 2. The van der Waals surface area contributed by atoms with Gasteiger partial charge in [-0.15, -0.1) is 20.4 Å². The molecule has 0 aliphatic heterocycles. The monoisotopic (exact) mass is 307 g/mol. The lowest BCUT2D eigenvalue weighted by atomic mass is 10.2. The normalized spacial score (nSPS) is 10.4. The molecule has 2 heterocycles. The van der Waals surface area contributed by atoms with Crippen LogP contribution in [0.1, 0.15) is 9.80 Å². The van der Waals surface area contributed by atoms with Crippen LogP contribution in [-0.4, -0.2) is 36.7 Å². The molecule has 20 heavy (non-hydrogen) atoms. The molecule has 0 spiro atoms. The molecule has 0 bridgehead atoms. The number of tetrazole rings is 1. The van der Waals surface area contributed by atoms with Gasteiger partial charge in [-0.25, -0.2) is 0 Å². The largest absolute Gasteiger partial charge is 0.320 e. The Morgan fingerprint density at radius 1 is 1.30 bits per heavy atom. The third-order valence-electron chi connectivity index (χ3n) is 2.32. The zero-order valence-corrected chi connectivity index (χ0v) is 11.3. The van der Waals surface area contributed by atoms with E-state index in [2.05, 4.69) is 36.1 Å². The molecule has 3 aromatic rings. The lowest BCUT2D eigenvalue weighted by molar-refractivity contribution is 0.102. The summed E-state index contributed by atoms with van der Waals surface area (Å²) in [4.78, 5) is 11.9. The molecule has 3 rings (SSSR count). The first-order valence-corrected chi connectivity index (χ1v) is 6.56. The average Bonchev–Trinajstić information content (AvgIpc) is 3.10. The number of aromatic amines is 1. The summed E-state index contributed by atoms with van der Waals surface area (Å²) in [6.07, 6.45) is 0. The highest BCUT2D eigenvalue weighted by atomic mass is 35.5. The Hall–Kier alpha value is -2.39. The van der Waals surface area contributed by atoms with Crippen molar-refractivity contribution in [1.29, 1.82) is 0 Å². The van der Waals surface area contributed by atoms with Crippen molar-refractivity contribution in [3.8, 4) is 11.4 Å². The van der Waals surface area contributed by atoms with E-state index in [0.717, 1.165) is 16.9 Å². The van der Waals surface area contributed by atoms with Crippen LogP contribution in [0.15, 0.2) is 24.3 Å². The number of nitrogens with one attached hydrogen (secondary N) is 2. The number of hydrogen-bond acceptors (Lipinski definition) is 7. The molecule has 1 aromatic carbocycles. The van der Waals surface area contributed by atoms with E-state index in [4.69, 9.17) is 11.6 Å². The van der Waals surface area contributed by atoms with Gasteiger partial charge >= 0.3 is 0 Å². The minimum atomic E-state index is -0.375. The van der Waals surface area contributed by atoms with Crippen LogP contribution in [0.5, 0.6) is 0 Å². The molecule has 0 aliphatic carbocycles. The Kier molecular flexibility index (Phi) is 3.35. The van der Waals surface area contributed by atoms with Gasteiger partial charge in [0.2, 0.25) is 15.3 Å². The number of rotatable bonds is 3. The van der Waals surface area contributed by atoms with Crippen molar-refractivity contribution in [2.24, 2.45) is 0 Å². The summed E-state index contributed by atoms with van der Waals surface area (Å²) in [6, 6.07) is 7.05. The van der Waals surface area contributed by atoms with E-state index in [1.54, 1.807) is 18.2 Å².